The Morgan fingerprint density at radius 1 is 1.04 bits per heavy atom. The maximum atomic E-state index is 12.6. The molecule has 0 amide bonds. The predicted molar refractivity (Wildman–Crippen MR) is 95.8 cm³/mol. The van der Waals surface area contributed by atoms with E-state index in [4.69, 9.17) is 4.42 Å². The van der Waals surface area contributed by atoms with Gasteiger partial charge in [-0.2, -0.15) is 0 Å². The van der Waals surface area contributed by atoms with Crippen molar-refractivity contribution in [2.24, 2.45) is 4.99 Å². The topological polar surface area (TPSA) is 42.6 Å². The summed E-state index contributed by atoms with van der Waals surface area (Å²) >= 11 is 0. The van der Waals surface area contributed by atoms with Gasteiger partial charge in [-0.05, 0) is 44.4 Å². The van der Waals surface area contributed by atoms with Crippen LogP contribution in [0.25, 0.3) is 16.7 Å². The molecule has 3 rings (SSSR count). The van der Waals surface area contributed by atoms with Crippen molar-refractivity contribution in [2.75, 3.05) is 0 Å². The standard InChI is InChI=1S/C20H19NO2/c1-14-9-5-3-4-6-11-17(21-13-14)20-15(2)19(22)16-10-7-8-12-18(16)23-20/h3-4,7-13H,5-6H2,1-2H3/b4-3?,14-9+,17-11?,21-13?. The van der Waals surface area contributed by atoms with Crippen LogP contribution in [-0.2, 0) is 0 Å². The third kappa shape index (κ3) is 3.24. The summed E-state index contributed by atoms with van der Waals surface area (Å²) in [4.78, 5) is 17.1. The molecule has 0 spiro atoms. The predicted octanol–water partition coefficient (Wildman–Crippen LogP) is 4.81. The third-order valence-corrected chi connectivity index (χ3v) is 3.85. The Balaban J connectivity index is 2.18. The van der Waals surface area contributed by atoms with Crippen molar-refractivity contribution in [2.45, 2.75) is 26.7 Å². The zero-order valence-electron chi connectivity index (χ0n) is 13.4. The molecule has 0 saturated carbocycles. The van der Waals surface area contributed by atoms with E-state index >= 15 is 0 Å². The van der Waals surface area contributed by atoms with Crippen LogP contribution in [0.1, 0.15) is 31.1 Å². The summed E-state index contributed by atoms with van der Waals surface area (Å²) in [6.07, 6.45) is 11.8. The number of hydrogen-bond donors (Lipinski definition) is 0. The highest BCUT2D eigenvalue weighted by Crippen LogP contribution is 2.24. The van der Waals surface area contributed by atoms with E-state index < -0.39 is 0 Å². The minimum Gasteiger partial charge on any atom is -0.454 e. The maximum Gasteiger partial charge on any atom is 0.196 e. The number of rotatable bonds is 1. The Labute approximate surface area is 135 Å². The molecule has 0 radical (unpaired) electrons. The van der Waals surface area contributed by atoms with Gasteiger partial charge in [0.15, 0.2) is 11.2 Å². The van der Waals surface area contributed by atoms with E-state index in [1.807, 2.05) is 37.4 Å². The molecule has 0 aliphatic carbocycles. The molecule has 0 unspecified atom stereocenters. The molecule has 23 heavy (non-hydrogen) atoms. The van der Waals surface area contributed by atoms with Gasteiger partial charge < -0.3 is 4.42 Å². The summed E-state index contributed by atoms with van der Waals surface area (Å²) in [6.45, 7) is 3.81. The Kier molecular flexibility index (Phi) is 4.38. The second kappa shape index (κ2) is 6.61. The van der Waals surface area contributed by atoms with E-state index in [2.05, 4.69) is 23.2 Å². The molecule has 116 valence electrons. The fourth-order valence-corrected chi connectivity index (χ4v) is 2.53. The molecule has 1 aromatic heterocycles. The first-order valence-corrected chi connectivity index (χ1v) is 7.75. The molecule has 0 saturated heterocycles. The van der Waals surface area contributed by atoms with E-state index in [0.717, 1.165) is 18.4 Å². The van der Waals surface area contributed by atoms with Gasteiger partial charge >= 0.3 is 0 Å². The summed E-state index contributed by atoms with van der Waals surface area (Å²) < 4.78 is 5.99. The van der Waals surface area contributed by atoms with Crippen LogP contribution in [0.4, 0.5) is 0 Å². The smallest absolute Gasteiger partial charge is 0.196 e. The minimum atomic E-state index is -0.00199. The van der Waals surface area contributed by atoms with Crippen LogP contribution < -0.4 is 5.43 Å². The SMILES string of the molecule is C/C1=C\CC=CCC=C(c2oc3ccccc3c(=O)c2C)N=C1. The second-order valence-corrected chi connectivity index (χ2v) is 5.62. The van der Waals surface area contributed by atoms with Crippen LogP contribution in [0.5, 0.6) is 0 Å². The zero-order valence-corrected chi connectivity index (χ0v) is 13.4. The van der Waals surface area contributed by atoms with E-state index in [9.17, 15) is 4.79 Å². The van der Waals surface area contributed by atoms with Crippen molar-refractivity contribution < 1.29 is 4.42 Å². The van der Waals surface area contributed by atoms with Crippen LogP contribution >= 0.6 is 0 Å². The highest BCUT2D eigenvalue weighted by Gasteiger charge is 2.13. The molecule has 0 bridgehead atoms. The molecule has 0 fully saturated rings. The fraction of sp³-hybridized carbons (Fsp3) is 0.200. The molecule has 0 atom stereocenters. The summed E-state index contributed by atoms with van der Waals surface area (Å²) in [5.41, 5.74) is 2.97. The first-order chi connectivity index (χ1) is 11.2. The normalized spacial score (nSPS) is 17.7. The summed E-state index contributed by atoms with van der Waals surface area (Å²) in [6, 6.07) is 7.32. The van der Waals surface area contributed by atoms with Gasteiger partial charge in [0, 0.05) is 11.8 Å². The molecule has 1 aromatic carbocycles. The average Bonchev–Trinajstić information content (AvgIpc) is 2.57. The van der Waals surface area contributed by atoms with Crippen molar-refractivity contribution >= 4 is 22.9 Å². The molecule has 1 aliphatic heterocycles. The van der Waals surface area contributed by atoms with Gasteiger partial charge in [0.05, 0.1) is 5.39 Å². The highest BCUT2D eigenvalue weighted by atomic mass is 16.3. The summed E-state index contributed by atoms with van der Waals surface area (Å²) in [5.74, 6) is 0.548. The Hall–Kier alpha value is -2.68. The number of fused-ring (bicyclic) bond motifs is 1. The first kappa shape index (κ1) is 15.2. The van der Waals surface area contributed by atoms with Crippen molar-refractivity contribution in [3.8, 4) is 0 Å². The third-order valence-electron chi connectivity index (χ3n) is 3.85. The number of hydrogen-bond acceptors (Lipinski definition) is 3. The van der Waals surface area contributed by atoms with Crippen LogP contribution in [0.3, 0.4) is 0 Å². The van der Waals surface area contributed by atoms with E-state index in [1.165, 1.54) is 0 Å². The quantitative estimate of drug-likeness (QED) is 0.710. The van der Waals surface area contributed by atoms with Gasteiger partial charge in [-0.15, -0.1) is 0 Å². The monoisotopic (exact) mass is 305 g/mol. The average molecular weight is 305 g/mol. The van der Waals surface area contributed by atoms with Crippen molar-refractivity contribution in [1.82, 2.24) is 0 Å². The van der Waals surface area contributed by atoms with Gasteiger partial charge in [-0.3, -0.25) is 9.79 Å². The Bertz CT molecular complexity index is 911. The van der Waals surface area contributed by atoms with Gasteiger partial charge in [0.2, 0.25) is 0 Å². The van der Waals surface area contributed by atoms with Crippen molar-refractivity contribution in [3.05, 3.63) is 75.7 Å². The highest BCUT2D eigenvalue weighted by molar-refractivity contribution is 5.85. The maximum absolute atomic E-state index is 12.6. The first-order valence-electron chi connectivity index (χ1n) is 7.75. The molecule has 2 heterocycles. The molecule has 1 aliphatic rings. The lowest BCUT2D eigenvalue weighted by Gasteiger charge is -2.08. The lowest BCUT2D eigenvalue weighted by molar-refractivity contribution is 0.579. The Morgan fingerprint density at radius 3 is 2.61 bits per heavy atom. The minimum absolute atomic E-state index is 0.00199. The molecular formula is C20H19NO2. The van der Waals surface area contributed by atoms with Crippen LogP contribution in [0.2, 0.25) is 0 Å². The Morgan fingerprint density at radius 2 is 1.78 bits per heavy atom. The lowest BCUT2D eigenvalue weighted by atomic mass is 10.1. The summed E-state index contributed by atoms with van der Waals surface area (Å²) in [5, 5.41) is 0.606. The number of allylic oxidation sites excluding steroid dienone is 5. The zero-order chi connectivity index (χ0) is 16.2. The molecule has 3 heteroatoms. The van der Waals surface area contributed by atoms with Crippen LogP contribution in [0.15, 0.2) is 68.3 Å². The van der Waals surface area contributed by atoms with Gasteiger partial charge in [-0.25, -0.2) is 0 Å². The number of para-hydroxylation sites is 1. The molecule has 0 N–H and O–H groups in total. The molecule has 3 nitrogen and oxygen atoms in total. The van der Waals surface area contributed by atoms with E-state index in [0.29, 0.717) is 28.0 Å². The number of benzene rings is 1. The lowest BCUT2D eigenvalue weighted by Crippen LogP contribution is -2.08. The van der Waals surface area contributed by atoms with Crippen molar-refractivity contribution in [3.63, 3.8) is 0 Å². The van der Waals surface area contributed by atoms with E-state index in [1.54, 1.807) is 13.0 Å². The van der Waals surface area contributed by atoms with Gasteiger partial charge in [0.25, 0.3) is 0 Å². The van der Waals surface area contributed by atoms with Crippen LogP contribution in [0, 0.1) is 6.92 Å². The summed E-state index contributed by atoms with van der Waals surface area (Å²) in [7, 11) is 0. The number of nitrogens with zero attached hydrogens (tertiary/aromatic N) is 1. The molecule has 2 aromatic rings. The fourth-order valence-electron chi connectivity index (χ4n) is 2.53. The number of aliphatic imine (C=N–C) groups is 1. The molecular weight excluding hydrogens is 286 g/mol. The van der Waals surface area contributed by atoms with Gasteiger partial charge in [0.1, 0.15) is 11.3 Å². The largest absolute Gasteiger partial charge is 0.454 e. The van der Waals surface area contributed by atoms with E-state index in [-0.39, 0.29) is 5.43 Å². The second-order valence-electron chi connectivity index (χ2n) is 5.62. The van der Waals surface area contributed by atoms with Gasteiger partial charge in [-0.1, -0.05) is 36.4 Å². The van der Waals surface area contributed by atoms with Crippen LogP contribution in [-0.4, -0.2) is 6.21 Å². The van der Waals surface area contributed by atoms with Crippen molar-refractivity contribution in [1.29, 1.82) is 0 Å².